The van der Waals surface area contributed by atoms with E-state index in [0.717, 1.165) is 47.9 Å². The van der Waals surface area contributed by atoms with Crippen LogP contribution in [0.15, 0.2) is 18.2 Å². The predicted molar refractivity (Wildman–Crippen MR) is 89.3 cm³/mol. The van der Waals surface area contributed by atoms with Gasteiger partial charge in [-0.15, -0.1) is 0 Å². The molecule has 0 bridgehead atoms. The van der Waals surface area contributed by atoms with Gasteiger partial charge in [0, 0.05) is 17.2 Å². The highest BCUT2D eigenvalue weighted by atomic mass is 16.7. The molecule has 24 heavy (non-hydrogen) atoms. The fourth-order valence-corrected chi connectivity index (χ4v) is 4.26. The Morgan fingerprint density at radius 1 is 1.12 bits per heavy atom. The first-order chi connectivity index (χ1) is 11.8. The van der Waals surface area contributed by atoms with Crippen LogP contribution in [-0.4, -0.2) is 27.6 Å². The molecule has 0 spiro atoms. The van der Waals surface area contributed by atoms with Crippen molar-refractivity contribution in [3.05, 3.63) is 34.9 Å². The summed E-state index contributed by atoms with van der Waals surface area (Å²) in [6.07, 6.45) is 1.87. The molecule has 2 aliphatic heterocycles. The number of ether oxygens (including phenoxy) is 4. The molecule has 0 radical (unpaired) electrons. The zero-order valence-corrected chi connectivity index (χ0v) is 13.8. The minimum absolute atomic E-state index is 0.241. The molecule has 0 aromatic heterocycles. The quantitative estimate of drug-likeness (QED) is 0.920. The van der Waals surface area contributed by atoms with Gasteiger partial charge in [0.2, 0.25) is 12.5 Å². The minimum Gasteiger partial charge on any atom is -0.497 e. The van der Waals surface area contributed by atoms with Crippen molar-refractivity contribution in [2.45, 2.75) is 18.9 Å². The molecule has 2 aromatic rings. The van der Waals surface area contributed by atoms with Gasteiger partial charge in [0.25, 0.3) is 0 Å². The molecule has 1 N–H and O–H groups in total. The van der Waals surface area contributed by atoms with Crippen molar-refractivity contribution in [3.8, 4) is 34.1 Å². The largest absolute Gasteiger partial charge is 0.497 e. The topological polar surface area (TPSA) is 49.0 Å². The Kier molecular flexibility index (Phi) is 2.94. The van der Waals surface area contributed by atoms with E-state index < -0.39 is 0 Å². The third kappa shape index (κ3) is 1.73. The number of fused-ring (bicyclic) bond motifs is 4. The molecule has 1 atom stereocenters. The SMILES string of the molecule is COc1ccc2c(c1)CC1NCCc3c(OC)c4c(c-2c31)OCO4. The van der Waals surface area contributed by atoms with Gasteiger partial charge < -0.3 is 24.3 Å². The summed E-state index contributed by atoms with van der Waals surface area (Å²) in [6.45, 7) is 1.18. The van der Waals surface area contributed by atoms with Gasteiger partial charge in [0.15, 0.2) is 11.5 Å². The maximum absolute atomic E-state index is 5.86. The van der Waals surface area contributed by atoms with Gasteiger partial charge in [-0.2, -0.15) is 0 Å². The van der Waals surface area contributed by atoms with Crippen LogP contribution in [0.5, 0.6) is 23.0 Å². The van der Waals surface area contributed by atoms with Gasteiger partial charge in [-0.3, -0.25) is 0 Å². The third-order valence-electron chi connectivity index (χ3n) is 5.24. The molecule has 5 nitrogen and oxygen atoms in total. The zero-order chi connectivity index (χ0) is 16.3. The minimum atomic E-state index is 0.241. The van der Waals surface area contributed by atoms with Crippen molar-refractivity contribution in [3.63, 3.8) is 0 Å². The van der Waals surface area contributed by atoms with Crippen molar-refractivity contribution < 1.29 is 18.9 Å². The highest BCUT2D eigenvalue weighted by molar-refractivity contribution is 5.86. The number of nitrogens with one attached hydrogen (secondary N) is 1. The molecule has 1 aliphatic carbocycles. The van der Waals surface area contributed by atoms with Crippen molar-refractivity contribution >= 4 is 0 Å². The number of hydrogen-bond acceptors (Lipinski definition) is 5. The lowest BCUT2D eigenvalue weighted by atomic mass is 9.77. The lowest BCUT2D eigenvalue weighted by Crippen LogP contribution is -2.34. The Labute approximate surface area is 140 Å². The first-order valence-corrected chi connectivity index (χ1v) is 8.24. The van der Waals surface area contributed by atoms with Crippen LogP contribution in [-0.2, 0) is 12.8 Å². The number of hydrogen-bond donors (Lipinski definition) is 1. The maximum atomic E-state index is 5.86. The van der Waals surface area contributed by atoms with E-state index >= 15 is 0 Å². The molecular weight excluding hydrogens is 306 g/mol. The Hall–Kier alpha value is -2.40. The second-order valence-corrected chi connectivity index (χ2v) is 6.35. The first kappa shape index (κ1) is 14.0. The summed E-state index contributed by atoms with van der Waals surface area (Å²) in [5, 5.41) is 3.65. The molecule has 5 rings (SSSR count). The normalized spacial score (nSPS) is 19.5. The van der Waals surface area contributed by atoms with Crippen LogP contribution in [0.25, 0.3) is 11.1 Å². The molecule has 1 unspecified atom stereocenters. The van der Waals surface area contributed by atoms with Crippen molar-refractivity contribution in [2.24, 2.45) is 0 Å². The van der Waals surface area contributed by atoms with Gasteiger partial charge in [-0.1, -0.05) is 6.07 Å². The summed E-state index contributed by atoms with van der Waals surface area (Å²) >= 11 is 0. The lowest BCUT2D eigenvalue weighted by Gasteiger charge is -2.35. The maximum Gasteiger partial charge on any atom is 0.231 e. The number of methoxy groups -OCH3 is 2. The average molecular weight is 325 g/mol. The highest BCUT2D eigenvalue weighted by Gasteiger charge is 2.38. The molecule has 0 fully saturated rings. The van der Waals surface area contributed by atoms with E-state index in [9.17, 15) is 0 Å². The second-order valence-electron chi connectivity index (χ2n) is 6.35. The summed E-state index contributed by atoms with van der Waals surface area (Å²) in [4.78, 5) is 0. The van der Waals surface area contributed by atoms with Crippen molar-refractivity contribution in [1.29, 1.82) is 0 Å². The standard InChI is InChI=1S/C19H19NO4/c1-21-11-3-4-12-10(7-11)8-14-15-13(5-6-20-14)17(22-2)19-18(16(12)15)23-9-24-19/h3-4,7,14,20H,5-6,8-9H2,1-2H3. The third-order valence-corrected chi connectivity index (χ3v) is 5.24. The summed E-state index contributed by atoms with van der Waals surface area (Å²) in [7, 11) is 3.41. The Morgan fingerprint density at radius 3 is 2.83 bits per heavy atom. The van der Waals surface area contributed by atoms with Crippen molar-refractivity contribution in [1.82, 2.24) is 5.32 Å². The molecule has 2 heterocycles. The molecule has 0 saturated heterocycles. The monoisotopic (exact) mass is 325 g/mol. The highest BCUT2D eigenvalue weighted by Crippen LogP contribution is 2.57. The summed E-state index contributed by atoms with van der Waals surface area (Å²) in [5.74, 6) is 3.28. The van der Waals surface area contributed by atoms with Crippen molar-refractivity contribution in [2.75, 3.05) is 27.6 Å². The Bertz CT molecular complexity index is 846. The van der Waals surface area contributed by atoms with E-state index in [2.05, 4.69) is 17.4 Å². The lowest BCUT2D eigenvalue weighted by molar-refractivity contribution is 0.171. The van der Waals surface area contributed by atoms with Crippen LogP contribution in [0, 0.1) is 0 Å². The van der Waals surface area contributed by atoms with Crippen LogP contribution >= 0.6 is 0 Å². The summed E-state index contributed by atoms with van der Waals surface area (Å²) < 4.78 is 22.7. The van der Waals surface area contributed by atoms with E-state index in [-0.39, 0.29) is 12.8 Å². The van der Waals surface area contributed by atoms with Gasteiger partial charge >= 0.3 is 0 Å². The average Bonchev–Trinajstić information content (AvgIpc) is 3.10. The molecule has 124 valence electrons. The first-order valence-electron chi connectivity index (χ1n) is 8.24. The molecule has 0 saturated carbocycles. The van der Waals surface area contributed by atoms with Gasteiger partial charge in [0.1, 0.15) is 5.75 Å². The molecule has 2 aromatic carbocycles. The fourth-order valence-electron chi connectivity index (χ4n) is 4.26. The van der Waals surface area contributed by atoms with Crippen LogP contribution in [0.4, 0.5) is 0 Å². The van der Waals surface area contributed by atoms with Crippen LogP contribution < -0.4 is 24.3 Å². The van der Waals surface area contributed by atoms with Crippen LogP contribution in [0.3, 0.4) is 0 Å². The van der Waals surface area contributed by atoms with Gasteiger partial charge in [0.05, 0.1) is 14.2 Å². The molecule has 0 amide bonds. The van der Waals surface area contributed by atoms with E-state index in [1.807, 2.05) is 6.07 Å². The predicted octanol–water partition coefficient (Wildman–Crippen LogP) is 2.84. The molecular formula is C19H19NO4. The van der Waals surface area contributed by atoms with Crippen LogP contribution in [0.1, 0.15) is 22.7 Å². The Morgan fingerprint density at radius 2 is 2.00 bits per heavy atom. The smallest absolute Gasteiger partial charge is 0.231 e. The molecule has 3 aliphatic rings. The summed E-state index contributed by atoms with van der Waals surface area (Å²) in [6, 6.07) is 6.53. The fraction of sp³-hybridized carbons (Fsp3) is 0.368. The van der Waals surface area contributed by atoms with E-state index in [1.54, 1.807) is 14.2 Å². The van der Waals surface area contributed by atoms with Crippen LogP contribution in [0.2, 0.25) is 0 Å². The molecule has 5 heteroatoms. The van der Waals surface area contributed by atoms with E-state index in [0.29, 0.717) is 0 Å². The zero-order valence-electron chi connectivity index (χ0n) is 13.8. The van der Waals surface area contributed by atoms with Gasteiger partial charge in [-0.25, -0.2) is 0 Å². The van der Waals surface area contributed by atoms with E-state index in [1.165, 1.54) is 22.3 Å². The second kappa shape index (κ2) is 5.05. The number of rotatable bonds is 2. The van der Waals surface area contributed by atoms with Gasteiger partial charge in [-0.05, 0) is 48.2 Å². The Balaban J connectivity index is 1.85. The van der Waals surface area contributed by atoms with E-state index in [4.69, 9.17) is 18.9 Å². The number of benzene rings is 2. The summed E-state index contributed by atoms with van der Waals surface area (Å²) in [5.41, 5.74) is 6.19.